The molecule has 46 heavy (non-hydrogen) atoms. The topological polar surface area (TPSA) is 152 Å². The van der Waals surface area contributed by atoms with Crippen molar-refractivity contribution in [2.24, 2.45) is 0 Å². The molecule has 0 unspecified atom stereocenters. The minimum Gasteiger partial charge on any atom is -0.443 e. The molecule has 2 fully saturated rings. The van der Waals surface area contributed by atoms with Gasteiger partial charge in [0.1, 0.15) is 5.60 Å². The number of unbranched alkanes of at least 4 members (excludes halogenated alkanes) is 2. The highest BCUT2D eigenvalue weighted by atomic mass is 35.5. The second kappa shape index (κ2) is 15.6. The average Bonchev–Trinajstić information content (AvgIpc) is 3.74. The molecule has 1 aliphatic heterocycles. The number of rotatable bonds is 15. The lowest BCUT2D eigenvalue weighted by molar-refractivity contribution is 0.00716. The summed E-state index contributed by atoms with van der Waals surface area (Å²) in [5.74, 6) is -0.0349. The highest BCUT2D eigenvalue weighted by Gasteiger charge is 2.44. The Balaban J connectivity index is 1.55. The monoisotopic (exact) mass is 705 g/mol. The molecule has 0 spiro atoms. The summed E-state index contributed by atoms with van der Waals surface area (Å²) < 4.78 is 65.5. The Hall–Kier alpha value is -1.83. The molecule has 2 aromatic rings. The number of anilines is 1. The summed E-state index contributed by atoms with van der Waals surface area (Å²) in [5, 5.41) is 4.97. The first-order valence-electron chi connectivity index (χ1n) is 16.4. The number of carbonyl (C=O) groups excluding carboxylic acids is 1. The van der Waals surface area contributed by atoms with E-state index in [1.54, 1.807) is 15.8 Å². The van der Waals surface area contributed by atoms with Crippen LogP contribution in [0.15, 0.2) is 6.20 Å². The highest BCUT2D eigenvalue weighted by Crippen LogP contribution is 2.55. The van der Waals surface area contributed by atoms with Gasteiger partial charge in [-0.1, -0.05) is 39.5 Å². The molecule has 3 heterocycles. The van der Waals surface area contributed by atoms with Gasteiger partial charge in [-0.2, -0.15) is 15.1 Å². The second-order valence-corrected chi connectivity index (χ2v) is 18.5. The normalized spacial score (nSPS) is 20.4. The van der Waals surface area contributed by atoms with E-state index in [1.807, 2.05) is 34.6 Å². The number of hydrogen-bond acceptors (Lipinski definition) is 11. The summed E-state index contributed by atoms with van der Waals surface area (Å²) in [6.07, 6.45) is 7.10. The Morgan fingerprint density at radius 3 is 2.33 bits per heavy atom. The minimum atomic E-state index is -3.94. The second-order valence-electron chi connectivity index (χ2n) is 13.1. The molecule has 16 heteroatoms. The lowest BCUT2D eigenvalue weighted by Gasteiger charge is -2.31. The Bertz CT molecular complexity index is 1480. The fourth-order valence-electron chi connectivity index (χ4n) is 5.67. The predicted molar refractivity (Wildman–Crippen MR) is 177 cm³/mol. The fourth-order valence-corrected chi connectivity index (χ4v) is 10.3. The number of halogens is 1. The smallest absolute Gasteiger partial charge is 0.416 e. The quantitative estimate of drug-likeness (QED) is 0.103. The summed E-state index contributed by atoms with van der Waals surface area (Å²) in [7, 11) is -7.87. The third kappa shape index (κ3) is 8.99. The number of nitrogens with zero attached hydrogens (tertiary/aromatic N) is 5. The van der Waals surface area contributed by atoms with E-state index in [0.717, 1.165) is 38.5 Å². The van der Waals surface area contributed by atoms with Crippen molar-refractivity contribution in [1.82, 2.24) is 19.7 Å². The SMILES string of the molecule is CCCCOP(=O)(OCCCC)[C@H](C)S(=O)(=O)C[C@@H]1CC[C@H](n2ncc3c(N(C(=O)OC(C)(C)C)C4CCCC4)nc(Cl)nc32)O1. The van der Waals surface area contributed by atoms with Crippen LogP contribution in [-0.2, 0) is 32.9 Å². The number of sulfone groups is 1. The van der Waals surface area contributed by atoms with Gasteiger partial charge < -0.3 is 18.5 Å². The van der Waals surface area contributed by atoms with Gasteiger partial charge >= 0.3 is 13.7 Å². The molecule has 13 nitrogen and oxygen atoms in total. The average molecular weight is 706 g/mol. The highest BCUT2D eigenvalue weighted by molar-refractivity contribution is 7.98. The van der Waals surface area contributed by atoms with Gasteiger partial charge in [-0.15, -0.1) is 0 Å². The van der Waals surface area contributed by atoms with E-state index in [2.05, 4.69) is 15.1 Å². The summed E-state index contributed by atoms with van der Waals surface area (Å²) in [5.41, 5.74) is -0.350. The standard InChI is InChI=1S/C30H49ClN5O8PS/c1-7-9-17-41-45(38,42-18-10-8-2)21(3)46(39,40)20-23-15-16-25(43-23)36-27-24(19-32-36)26(33-28(31)34-27)35(22-13-11-12-14-22)29(37)44-30(4,5)6/h19,21-23,25H,7-18,20H2,1-6H3/t21-,23-,25+/m0/s1. The van der Waals surface area contributed by atoms with Crippen LogP contribution in [0.4, 0.5) is 10.6 Å². The molecular weight excluding hydrogens is 657 g/mol. The van der Waals surface area contributed by atoms with Crippen molar-refractivity contribution >= 4 is 52.0 Å². The minimum absolute atomic E-state index is 0.0661. The molecule has 3 atom stereocenters. The molecular formula is C30H49ClN5O8PS. The van der Waals surface area contributed by atoms with Crippen LogP contribution >= 0.6 is 19.2 Å². The number of carbonyl (C=O) groups is 1. The molecule has 0 N–H and O–H groups in total. The van der Waals surface area contributed by atoms with E-state index >= 15 is 0 Å². The first-order valence-corrected chi connectivity index (χ1v) is 20.1. The van der Waals surface area contributed by atoms with Crippen molar-refractivity contribution in [3.8, 4) is 0 Å². The van der Waals surface area contributed by atoms with Crippen LogP contribution in [0.5, 0.6) is 0 Å². The van der Waals surface area contributed by atoms with Crippen molar-refractivity contribution < 1.29 is 36.3 Å². The lowest BCUT2D eigenvalue weighted by atomic mass is 10.2. The van der Waals surface area contributed by atoms with E-state index in [1.165, 1.54) is 6.92 Å². The molecule has 0 radical (unpaired) electrons. The first-order chi connectivity index (χ1) is 21.7. The van der Waals surface area contributed by atoms with Crippen LogP contribution in [0.1, 0.15) is 112 Å². The molecule has 0 aromatic carbocycles. The van der Waals surface area contributed by atoms with E-state index in [0.29, 0.717) is 42.5 Å². The Labute approximate surface area is 277 Å². The maximum atomic E-state index is 13.7. The molecule has 2 aromatic heterocycles. The van der Waals surface area contributed by atoms with Crippen LogP contribution < -0.4 is 4.90 Å². The predicted octanol–water partition coefficient (Wildman–Crippen LogP) is 7.43. The van der Waals surface area contributed by atoms with Crippen molar-refractivity contribution in [3.63, 3.8) is 0 Å². The van der Waals surface area contributed by atoms with Gasteiger partial charge in [-0.05, 0) is 77.8 Å². The molecule has 0 bridgehead atoms. The van der Waals surface area contributed by atoms with Crippen LogP contribution in [0.2, 0.25) is 5.28 Å². The van der Waals surface area contributed by atoms with E-state index < -0.39 is 46.5 Å². The van der Waals surface area contributed by atoms with Gasteiger partial charge in [0, 0.05) is 6.04 Å². The summed E-state index contributed by atoms with van der Waals surface area (Å²) >= 11 is 6.42. The number of amides is 1. The maximum Gasteiger partial charge on any atom is 0.416 e. The molecule has 260 valence electrons. The van der Waals surface area contributed by atoms with Crippen molar-refractivity contribution in [2.75, 3.05) is 23.9 Å². The van der Waals surface area contributed by atoms with Gasteiger partial charge in [0.2, 0.25) is 5.28 Å². The van der Waals surface area contributed by atoms with Gasteiger partial charge in [0.05, 0.1) is 36.7 Å². The number of fused-ring (bicyclic) bond motifs is 1. The van der Waals surface area contributed by atoms with Crippen LogP contribution in [-0.4, -0.2) is 76.0 Å². The molecule has 2 aliphatic rings. The zero-order chi connectivity index (χ0) is 33.7. The van der Waals surface area contributed by atoms with E-state index in [9.17, 15) is 17.8 Å². The van der Waals surface area contributed by atoms with Crippen molar-refractivity contribution in [1.29, 1.82) is 0 Å². The van der Waals surface area contributed by atoms with E-state index in [4.69, 9.17) is 30.1 Å². The van der Waals surface area contributed by atoms with Crippen LogP contribution in [0.25, 0.3) is 11.0 Å². The molecule has 1 saturated carbocycles. The first kappa shape index (κ1) is 37.0. The summed E-state index contributed by atoms with van der Waals surface area (Å²) in [4.78, 5) is 22.6. The molecule has 1 saturated heterocycles. The lowest BCUT2D eigenvalue weighted by Crippen LogP contribution is -2.43. The molecule has 1 aliphatic carbocycles. The summed E-state index contributed by atoms with van der Waals surface area (Å²) in [6, 6.07) is -0.112. The van der Waals surface area contributed by atoms with Gasteiger partial charge in [-0.25, -0.2) is 17.9 Å². The third-order valence-electron chi connectivity index (χ3n) is 8.19. The van der Waals surface area contributed by atoms with Gasteiger partial charge in [0.15, 0.2) is 32.5 Å². The zero-order valence-electron chi connectivity index (χ0n) is 27.8. The Morgan fingerprint density at radius 2 is 1.74 bits per heavy atom. The van der Waals surface area contributed by atoms with Crippen molar-refractivity contribution in [3.05, 3.63) is 11.5 Å². The van der Waals surface area contributed by atoms with Gasteiger partial charge in [-0.3, -0.25) is 9.46 Å². The Morgan fingerprint density at radius 1 is 1.11 bits per heavy atom. The van der Waals surface area contributed by atoms with Crippen molar-refractivity contribution in [2.45, 2.75) is 135 Å². The number of hydrogen-bond donors (Lipinski definition) is 0. The Kier molecular flexibility index (Phi) is 12.5. The number of ether oxygens (including phenoxy) is 2. The zero-order valence-corrected chi connectivity index (χ0v) is 30.3. The molecule has 1 amide bonds. The van der Waals surface area contributed by atoms with Gasteiger partial charge in [0.25, 0.3) is 0 Å². The van der Waals surface area contributed by atoms with Crippen LogP contribution in [0.3, 0.4) is 0 Å². The molecule has 4 rings (SSSR count). The summed E-state index contributed by atoms with van der Waals surface area (Å²) in [6.45, 7) is 11.1. The van der Waals surface area contributed by atoms with Crippen LogP contribution in [0, 0.1) is 0 Å². The number of aromatic nitrogens is 4. The fraction of sp³-hybridized carbons (Fsp3) is 0.800. The maximum absolute atomic E-state index is 13.7. The van der Waals surface area contributed by atoms with E-state index in [-0.39, 0.29) is 30.3 Å². The third-order valence-corrected chi connectivity index (χ3v) is 14.0. The largest absolute Gasteiger partial charge is 0.443 e.